The Balaban J connectivity index is 1.74. The summed E-state index contributed by atoms with van der Waals surface area (Å²) in [5.41, 5.74) is -1.89. The van der Waals surface area contributed by atoms with E-state index < -0.39 is 115 Å². The summed E-state index contributed by atoms with van der Waals surface area (Å²) >= 11 is 0. The largest absolute Gasteiger partial charge is 0.478 e. The molecular formula is C39H37F8N3O5S. The van der Waals surface area contributed by atoms with Crippen LogP contribution in [0.15, 0.2) is 47.4 Å². The number of benzene rings is 4. The lowest BCUT2D eigenvalue weighted by atomic mass is 9.84. The van der Waals surface area contributed by atoms with Crippen LogP contribution in [-0.4, -0.2) is 50.3 Å². The molecule has 1 aliphatic rings. The van der Waals surface area contributed by atoms with Crippen molar-refractivity contribution in [1.82, 2.24) is 4.31 Å². The zero-order valence-corrected chi connectivity index (χ0v) is 31.8. The average molecular weight is 812 g/mol. The number of halogens is 8. The first-order valence-electron chi connectivity index (χ1n) is 17.1. The summed E-state index contributed by atoms with van der Waals surface area (Å²) in [5, 5.41) is 9.65. The Kier molecular flexibility index (Phi) is 11.6. The highest BCUT2D eigenvalue weighted by Gasteiger charge is 2.39. The summed E-state index contributed by atoms with van der Waals surface area (Å²) in [5.74, 6) is -17.9. The maximum atomic E-state index is 15.5. The van der Waals surface area contributed by atoms with Crippen LogP contribution in [0.2, 0.25) is 0 Å². The highest BCUT2D eigenvalue weighted by Crippen LogP contribution is 2.42. The van der Waals surface area contributed by atoms with Gasteiger partial charge in [0.15, 0.2) is 28.2 Å². The van der Waals surface area contributed by atoms with E-state index in [1.54, 1.807) is 12.1 Å². The highest BCUT2D eigenvalue weighted by molar-refractivity contribution is 7.89. The first-order chi connectivity index (χ1) is 25.9. The topological polar surface area (TPSA) is 98.2 Å². The van der Waals surface area contributed by atoms with E-state index in [0.717, 1.165) is 34.9 Å². The van der Waals surface area contributed by atoms with Crippen LogP contribution in [0.5, 0.6) is 0 Å². The van der Waals surface area contributed by atoms with Gasteiger partial charge in [-0.3, -0.25) is 4.79 Å². The summed E-state index contributed by atoms with van der Waals surface area (Å²) in [4.78, 5) is 26.4. The fourth-order valence-corrected chi connectivity index (χ4v) is 7.58. The molecule has 0 radical (unpaired) electrons. The van der Waals surface area contributed by atoms with Gasteiger partial charge in [-0.2, -0.15) is 4.31 Å². The maximum Gasteiger partial charge on any atom is 0.338 e. The van der Waals surface area contributed by atoms with Gasteiger partial charge in [0.25, 0.3) is 0 Å². The summed E-state index contributed by atoms with van der Waals surface area (Å²) in [6.07, 6.45) is 1.75. The second-order valence-corrected chi connectivity index (χ2v) is 16.7. The van der Waals surface area contributed by atoms with Gasteiger partial charge in [-0.05, 0) is 53.9 Å². The van der Waals surface area contributed by atoms with Crippen molar-refractivity contribution < 1.29 is 58.2 Å². The van der Waals surface area contributed by atoms with Gasteiger partial charge in [-0.25, -0.2) is 48.3 Å². The molecule has 4 aromatic carbocycles. The van der Waals surface area contributed by atoms with Gasteiger partial charge in [0.05, 0.1) is 30.0 Å². The van der Waals surface area contributed by atoms with Gasteiger partial charge < -0.3 is 14.9 Å². The van der Waals surface area contributed by atoms with Crippen molar-refractivity contribution in [3.63, 3.8) is 0 Å². The number of carbonyl (C=O) groups excluding carboxylic acids is 1. The third-order valence-electron chi connectivity index (χ3n) is 9.43. The fraction of sp³-hybridized carbons (Fsp3) is 0.333. The number of hydrogen-bond acceptors (Lipinski definition) is 5. The molecule has 8 nitrogen and oxygen atoms in total. The quantitative estimate of drug-likeness (QED) is 0.114. The number of rotatable bonds is 12. The molecule has 0 bridgehead atoms. The van der Waals surface area contributed by atoms with E-state index in [9.17, 15) is 36.3 Å². The van der Waals surface area contributed by atoms with Crippen LogP contribution in [0, 0.1) is 53.5 Å². The van der Waals surface area contributed by atoms with E-state index in [0.29, 0.717) is 18.6 Å². The van der Waals surface area contributed by atoms with Gasteiger partial charge in [-0.1, -0.05) is 39.0 Å². The van der Waals surface area contributed by atoms with Crippen LogP contribution in [-0.2, 0) is 33.3 Å². The van der Waals surface area contributed by atoms with Gasteiger partial charge in [0.2, 0.25) is 15.9 Å². The van der Waals surface area contributed by atoms with Crippen LogP contribution in [0.1, 0.15) is 77.7 Å². The summed E-state index contributed by atoms with van der Waals surface area (Å²) in [6.45, 7) is 2.84. The van der Waals surface area contributed by atoms with Crippen LogP contribution in [0.25, 0.3) is 0 Å². The van der Waals surface area contributed by atoms with E-state index in [1.807, 2.05) is 26.8 Å². The smallest absolute Gasteiger partial charge is 0.338 e. The Morgan fingerprint density at radius 1 is 0.768 bits per heavy atom. The normalized spacial score (nSPS) is 13.3. The number of aromatic carboxylic acids is 1. The lowest BCUT2D eigenvalue weighted by molar-refractivity contribution is -0.119. The molecule has 1 N–H and O–H groups in total. The number of sulfonamides is 1. The Labute approximate surface area is 318 Å². The highest BCUT2D eigenvalue weighted by atomic mass is 32.2. The van der Waals surface area contributed by atoms with Gasteiger partial charge in [0.1, 0.15) is 23.3 Å². The molecule has 0 aromatic heterocycles. The Bertz CT molecular complexity index is 2310. The molecule has 1 fully saturated rings. The Hall–Kier alpha value is -5.03. The molecule has 1 amide bonds. The molecule has 300 valence electrons. The van der Waals surface area contributed by atoms with E-state index in [2.05, 4.69) is 0 Å². The molecule has 0 spiro atoms. The first kappa shape index (κ1) is 42.1. The Morgan fingerprint density at radius 2 is 1.34 bits per heavy atom. The summed E-state index contributed by atoms with van der Waals surface area (Å²) < 4.78 is 147. The molecule has 0 aliphatic heterocycles. The van der Waals surface area contributed by atoms with Crippen molar-refractivity contribution in [3.8, 4) is 0 Å². The molecule has 0 unspecified atom stereocenters. The lowest BCUT2D eigenvalue weighted by Gasteiger charge is -2.31. The zero-order valence-electron chi connectivity index (χ0n) is 31.0. The standard InChI is InChI=1S/C39H37F8N3O5S/c1-19-33(44)35(46)37(36(47)34(19)45)56(54,55)49(17-26-27(41)12-24(40)13-28(26)42)18-32(51)50(31-15-29(43)25(38(52)53)14-30(31)48(5)6)16-20-9-22(21-7-8-21)11-23(10-20)39(2,3)4/h9-15,21H,7-8,16-18H2,1-6H3,(H,52,53). The van der Waals surface area contributed by atoms with Crippen LogP contribution in [0.4, 0.5) is 46.5 Å². The van der Waals surface area contributed by atoms with Crippen molar-refractivity contribution in [2.45, 2.75) is 69.9 Å². The van der Waals surface area contributed by atoms with Crippen molar-refractivity contribution in [2.75, 3.05) is 30.4 Å². The van der Waals surface area contributed by atoms with Crippen LogP contribution >= 0.6 is 0 Å². The Morgan fingerprint density at radius 3 is 1.84 bits per heavy atom. The molecule has 0 heterocycles. The van der Waals surface area contributed by atoms with Crippen molar-refractivity contribution in [2.24, 2.45) is 0 Å². The monoisotopic (exact) mass is 811 g/mol. The number of carboxylic acids is 1. The van der Waals surface area contributed by atoms with Crippen molar-refractivity contribution in [3.05, 3.63) is 122 Å². The number of anilines is 2. The number of nitrogens with zero attached hydrogens (tertiary/aromatic N) is 3. The average Bonchev–Trinajstić information content (AvgIpc) is 3.95. The van der Waals surface area contributed by atoms with Gasteiger partial charge in [0, 0.05) is 50.0 Å². The van der Waals surface area contributed by atoms with Gasteiger partial charge in [-0.15, -0.1) is 0 Å². The fourth-order valence-electron chi connectivity index (χ4n) is 6.11. The predicted molar refractivity (Wildman–Crippen MR) is 191 cm³/mol. The molecule has 4 aromatic rings. The van der Waals surface area contributed by atoms with E-state index in [-0.39, 0.29) is 33.7 Å². The van der Waals surface area contributed by atoms with Crippen molar-refractivity contribution in [1.29, 1.82) is 0 Å². The van der Waals surface area contributed by atoms with E-state index in [4.69, 9.17) is 0 Å². The van der Waals surface area contributed by atoms with Crippen molar-refractivity contribution >= 4 is 33.3 Å². The molecule has 5 rings (SSSR count). The zero-order chi connectivity index (χ0) is 41.8. The minimum Gasteiger partial charge on any atom is -0.478 e. The third-order valence-corrected chi connectivity index (χ3v) is 11.2. The molecule has 1 saturated carbocycles. The van der Waals surface area contributed by atoms with Crippen LogP contribution in [0.3, 0.4) is 0 Å². The third kappa shape index (κ3) is 8.38. The van der Waals surface area contributed by atoms with E-state index in [1.165, 1.54) is 19.0 Å². The molecule has 0 saturated heterocycles. The second-order valence-electron chi connectivity index (χ2n) is 14.8. The number of amides is 1. The van der Waals surface area contributed by atoms with E-state index >= 15 is 22.0 Å². The second kappa shape index (κ2) is 15.5. The number of carboxylic acid groups (broad SMARTS) is 1. The molecular weight excluding hydrogens is 774 g/mol. The SMILES string of the molecule is Cc1c(F)c(F)c(S(=O)(=O)N(CC(=O)N(Cc2cc(C3CC3)cc(C(C)(C)C)c2)c2cc(F)c(C(=O)O)cc2N(C)C)Cc2c(F)cc(F)cc2F)c(F)c1F. The predicted octanol–water partition coefficient (Wildman–Crippen LogP) is 8.47. The molecule has 17 heteroatoms. The summed E-state index contributed by atoms with van der Waals surface area (Å²) in [7, 11) is -3.11. The summed E-state index contributed by atoms with van der Waals surface area (Å²) in [6, 6.07) is 7.44. The number of hydrogen-bond donors (Lipinski definition) is 1. The minimum absolute atomic E-state index is 0.0728. The minimum atomic E-state index is -5.97. The molecule has 1 aliphatic carbocycles. The lowest BCUT2D eigenvalue weighted by Crippen LogP contribution is -2.43. The maximum absolute atomic E-state index is 15.5. The first-order valence-corrected chi connectivity index (χ1v) is 18.5. The number of carbonyl (C=O) groups is 2. The van der Waals surface area contributed by atoms with Gasteiger partial charge >= 0.3 is 5.97 Å². The molecule has 56 heavy (non-hydrogen) atoms. The van der Waals surface area contributed by atoms with Crippen LogP contribution < -0.4 is 9.80 Å². The molecule has 0 atom stereocenters.